The maximum Gasteiger partial charge on any atom is 0.198 e. The zero-order valence-corrected chi connectivity index (χ0v) is 11.7. The number of anilines is 1. The number of H-pyrrole nitrogens is 1. The van der Waals surface area contributed by atoms with Crippen molar-refractivity contribution in [3.8, 4) is 0 Å². The SMILES string of the molecule is Br.Br.Br.Nc1nc2ccccc2[nH]1. The zero-order valence-electron chi connectivity index (χ0n) is 6.56. The fraction of sp³-hybridized carbons (Fsp3) is 0. The molecule has 0 unspecified atom stereocenters. The molecule has 13 heavy (non-hydrogen) atoms. The maximum absolute atomic E-state index is 5.42. The Hall–Kier alpha value is -0.0700. The smallest absolute Gasteiger partial charge is 0.198 e. The van der Waals surface area contributed by atoms with E-state index in [4.69, 9.17) is 5.73 Å². The number of nitrogens with two attached hydrogens (primary N) is 1. The van der Waals surface area contributed by atoms with Crippen LogP contribution in [0.1, 0.15) is 0 Å². The molecule has 1 aromatic heterocycles. The number of aromatic nitrogens is 2. The minimum atomic E-state index is 0. The van der Waals surface area contributed by atoms with E-state index >= 15 is 0 Å². The minimum absolute atomic E-state index is 0. The molecule has 74 valence electrons. The summed E-state index contributed by atoms with van der Waals surface area (Å²) in [5, 5.41) is 0. The molecule has 2 rings (SSSR count). The molecule has 0 fully saturated rings. The summed E-state index contributed by atoms with van der Waals surface area (Å²) >= 11 is 0. The van der Waals surface area contributed by atoms with Crippen LogP contribution >= 0.6 is 50.9 Å². The second-order valence-corrected chi connectivity index (χ2v) is 2.14. The van der Waals surface area contributed by atoms with Gasteiger partial charge in [0, 0.05) is 0 Å². The third kappa shape index (κ3) is 3.28. The van der Waals surface area contributed by atoms with Crippen molar-refractivity contribution in [1.82, 2.24) is 9.97 Å². The van der Waals surface area contributed by atoms with E-state index in [0.29, 0.717) is 5.95 Å². The number of nitrogens with zero attached hydrogens (tertiary/aromatic N) is 1. The number of fused-ring (bicyclic) bond motifs is 1. The number of hydrogen-bond donors (Lipinski definition) is 2. The Morgan fingerprint density at radius 2 is 1.69 bits per heavy atom. The van der Waals surface area contributed by atoms with Crippen LogP contribution in [0.5, 0.6) is 0 Å². The first-order chi connectivity index (χ1) is 4.86. The highest BCUT2D eigenvalue weighted by atomic mass is 79.9. The predicted molar refractivity (Wildman–Crippen MR) is 71.5 cm³/mol. The summed E-state index contributed by atoms with van der Waals surface area (Å²) in [4.78, 5) is 6.96. The Balaban J connectivity index is 0. The van der Waals surface area contributed by atoms with Gasteiger partial charge in [-0.1, -0.05) is 12.1 Å². The van der Waals surface area contributed by atoms with E-state index in [1.165, 1.54) is 0 Å². The highest BCUT2D eigenvalue weighted by Gasteiger charge is 1.94. The predicted octanol–water partition coefficient (Wildman–Crippen LogP) is 2.88. The number of imidazole rings is 1. The first-order valence-electron chi connectivity index (χ1n) is 3.06. The van der Waals surface area contributed by atoms with Crippen LogP contribution < -0.4 is 5.73 Å². The van der Waals surface area contributed by atoms with Crippen molar-refractivity contribution < 1.29 is 0 Å². The van der Waals surface area contributed by atoms with E-state index in [1.54, 1.807) is 0 Å². The largest absolute Gasteiger partial charge is 0.369 e. The quantitative estimate of drug-likeness (QED) is 0.744. The van der Waals surface area contributed by atoms with Gasteiger partial charge in [-0.25, -0.2) is 4.98 Å². The lowest BCUT2D eigenvalue weighted by atomic mass is 10.3. The second kappa shape index (κ2) is 6.39. The van der Waals surface area contributed by atoms with Gasteiger partial charge in [-0.3, -0.25) is 0 Å². The number of rotatable bonds is 0. The topological polar surface area (TPSA) is 54.7 Å². The summed E-state index contributed by atoms with van der Waals surface area (Å²) in [5.74, 6) is 0.473. The fourth-order valence-electron chi connectivity index (χ4n) is 0.973. The maximum atomic E-state index is 5.42. The summed E-state index contributed by atoms with van der Waals surface area (Å²) < 4.78 is 0. The molecule has 2 aromatic rings. The number of nitrogen functional groups attached to an aromatic ring is 1. The van der Waals surface area contributed by atoms with E-state index in [9.17, 15) is 0 Å². The summed E-state index contributed by atoms with van der Waals surface area (Å²) in [7, 11) is 0. The Kier molecular flexibility index (Phi) is 7.58. The first-order valence-corrected chi connectivity index (χ1v) is 3.06. The molecule has 0 spiro atoms. The van der Waals surface area contributed by atoms with Crippen molar-refractivity contribution in [2.24, 2.45) is 0 Å². The van der Waals surface area contributed by atoms with Crippen LogP contribution in [0.15, 0.2) is 24.3 Å². The lowest BCUT2D eigenvalue weighted by molar-refractivity contribution is 1.35. The molecule has 1 aromatic carbocycles. The Morgan fingerprint density at radius 3 is 2.31 bits per heavy atom. The van der Waals surface area contributed by atoms with Crippen LogP contribution in [0.25, 0.3) is 11.0 Å². The van der Waals surface area contributed by atoms with Crippen molar-refractivity contribution in [2.75, 3.05) is 5.73 Å². The van der Waals surface area contributed by atoms with Crippen molar-refractivity contribution in [3.05, 3.63) is 24.3 Å². The van der Waals surface area contributed by atoms with Gasteiger partial charge >= 0.3 is 0 Å². The average molecular weight is 376 g/mol. The van der Waals surface area contributed by atoms with Crippen molar-refractivity contribution in [3.63, 3.8) is 0 Å². The monoisotopic (exact) mass is 373 g/mol. The normalized spacial score (nSPS) is 8.00. The van der Waals surface area contributed by atoms with E-state index in [-0.39, 0.29) is 50.9 Å². The van der Waals surface area contributed by atoms with Crippen LogP contribution in [-0.2, 0) is 0 Å². The molecule has 0 aliphatic rings. The first kappa shape index (κ1) is 15.4. The molecule has 0 atom stereocenters. The van der Waals surface area contributed by atoms with Gasteiger partial charge in [0.25, 0.3) is 0 Å². The molecule has 0 radical (unpaired) electrons. The van der Waals surface area contributed by atoms with E-state index < -0.39 is 0 Å². The summed E-state index contributed by atoms with van der Waals surface area (Å²) in [5.41, 5.74) is 7.33. The highest BCUT2D eigenvalue weighted by molar-refractivity contribution is 8.93. The molecule has 0 amide bonds. The van der Waals surface area contributed by atoms with Crippen LogP contribution in [-0.4, -0.2) is 9.97 Å². The second-order valence-electron chi connectivity index (χ2n) is 2.14. The number of aromatic amines is 1. The van der Waals surface area contributed by atoms with Gasteiger partial charge in [-0.15, -0.1) is 50.9 Å². The van der Waals surface area contributed by atoms with Crippen molar-refractivity contribution in [1.29, 1.82) is 0 Å². The lowest BCUT2D eigenvalue weighted by Crippen LogP contribution is -1.84. The Bertz CT molecular complexity index is 328. The molecule has 0 aliphatic carbocycles. The fourth-order valence-corrected chi connectivity index (χ4v) is 0.973. The summed E-state index contributed by atoms with van der Waals surface area (Å²) in [6, 6.07) is 7.74. The Morgan fingerprint density at radius 1 is 1.08 bits per heavy atom. The number of hydrogen-bond acceptors (Lipinski definition) is 2. The van der Waals surface area contributed by atoms with Crippen LogP contribution in [0, 0.1) is 0 Å². The van der Waals surface area contributed by atoms with Crippen LogP contribution in [0.3, 0.4) is 0 Å². The Labute approximate surface area is 107 Å². The molecule has 3 N–H and O–H groups in total. The summed E-state index contributed by atoms with van der Waals surface area (Å²) in [6.07, 6.45) is 0. The van der Waals surface area contributed by atoms with Crippen molar-refractivity contribution >= 4 is 67.9 Å². The average Bonchev–Trinajstić information content (AvgIpc) is 2.27. The van der Waals surface area contributed by atoms with Crippen LogP contribution in [0.2, 0.25) is 0 Å². The molecular weight excluding hydrogens is 366 g/mol. The number of halogens is 3. The standard InChI is InChI=1S/C7H7N3.3BrH/c8-7-9-5-3-1-2-4-6(5)10-7;;;/h1-4H,(H3,8,9,10);3*1H. The molecule has 0 saturated carbocycles. The number of benzene rings is 1. The zero-order chi connectivity index (χ0) is 6.97. The van der Waals surface area contributed by atoms with Gasteiger partial charge in [0.05, 0.1) is 11.0 Å². The molecular formula is C7H10Br3N3. The van der Waals surface area contributed by atoms with Gasteiger partial charge < -0.3 is 10.7 Å². The molecule has 0 aliphatic heterocycles. The third-order valence-electron chi connectivity index (χ3n) is 1.41. The van der Waals surface area contributed by atoms with Gasteiger partial charge in [0.15, 0.2) is 5.95 Å². The van der Waals surface area contributed by atoms with Gasteiger partial charge in [-0.05, 0) is 12.1 Å². The van der Waals surface area contributed by atoms with Gasteiger partial charge in [0.2, 0.25) is 0 Å². The molecule has 0 saturated heterocycles. The molecule has 3 nitrogen and oxygen atoms in total. The minimum Gasteiger partial charge on any atom is -0.369 e. The number of para-hydroxylation sites is 2. The van der Waals surface area contributed by atoms with E-state index in [0.717, 1.165) is 11.0 Å². The highest BCUT2D eigenvalue weighted by Crippen LogP contribution is 2.10. The lowest BCUT2D eigenvalue weighted by Gasteiger charge is -1.81. The van der Waals surface area contributed by atoms with E-state index in [1.807, 2.05) is 24.3 Å². The molecule has 1 heterocycles. The molecule has 0 bridgehead atoms. The third-order valence-corrected chi connectivity index (χ3v) is 1.41. The summed E-state index contributed by atoms with van der Waals surface area (Å²) in [6.45, 7) is 0. The molecule has 6 heteroatoms. The van der Waals surface area contributed by atoms with Gasteiger partial charge in [-0.2, -0.15) is 0 Å². The number of nitrogens with one attached hydrogen (secondary N) is 1. The van der Waals surface area contributed by atoms with E-state index in [2.05, 4.69) is 9.97 Å². The van der Waals surface area contributed by atoms with Crippen LogP contribution in [0.4, 0.5) is 5.95 Å². The van der Waals surface area contributed by atoms with Gasteiger partial charge in [0.1, 0.15) is 0 Å². The van der Waals surface area contributed by atoms with Crippen molar-refractivity contribution in [2.45, 2.75) is 0 Å².